The van der Waals surface area contributed by atoms with Crippen molar-refractivity contribution in [2.24, 2.45) is 0 Å². The normalized spacial score (nSPS) is 13.5. The van der Waals surface area contributed by atoms with Crippen LogP contribution in [0.2, 0.25) is 0 Å². The highest BCUT2D eigenvalue weighted by Crippen LogP contribution is 1.96. The molecule has 0 unspecified atom stereocenters. The molecular weight excluding hydrogens is 162 g/mol. The fourth-order valence-electron chi connectivity index (χ4n) is 0.575. The lowest BCUT2D eigenvalue weighted by atomic mass is 10.1. The maximum absolute atomic E-state index is 10.7. The molecule has 0 aromatic heterocycles. The average molecular weight is 178 g/mol. The Labute approximate surface area is 69.1 Å². The summed E-state index contributed by atoms with van der Waals surface area (Å²) in [6.07, 6.45) is 1.23. The molecule has 0 aliphatic rings. The van der Waals surface area contributed by atoms with E-state index in [1.165, 1.54) is 6.26 Å². The minimum atomic E-state index is -2.84. The first-order chi connectivity index (χ1) is 4.71. The van der Waals surface area contributed by atoms with E-state index in [9.17, 15) is 8.42 Å². The molecule has 1 radical (unpaired) electrons. The van der Waals surface area contributed by atoms with Crippen LogP contribution in [-0.2, 0) is 9.84 Å². The number of hydrogen-bond acceptors (Lipinski definition) is 3. The SMILES string of the molecule is [CH2]C(C)(C)NCCS(C)(=O)=O. The molecule has 0 aliphatic heterocycles. The summed E-state index contributed by atoms with van der Waals surface area (Å²) in [4.78, 5) is 0. The Morgan fingerprint density at radius 1 is 1.45 bits per heavy atom. The highest BCUT2D eigenvalue weighted by molar-refractivity contribution is 7.90. The molecule has 3 nitrogen and oxygen atoms in total. The molecule has 0 aliphatic carbocycles. The van der Waals surface area contributed by atoms with Gasteiger partial charge in [-0.05, 0) is 20.8 Å². The third-order valence-corrected chi connectivity index (χ3v) is 2.02. The highest BCUT2D eigenvalue weighted by Gasteiger charge is 2.09. The van der Waals surface area contributed by atoms with Crippen molar-refractivity contribution in [2.75, 3.05) is 18.6 Å². The smallest absolute Gasteiger partial charge is 0.148 e. The Morgan fingerprint density at radius 3 is 2.18 bits per heavy atom. The maximum Gasteiger partial charge on any atom is 0.148 e. The van der Waals surface area contributed by atoms with Crippen LogP contribution >= 0.6 is 0 Å². The van der Waals surface area contributed by atoms with E-state index >= 15 is 0 Å². The van der Waals surface area contributed by atoms with E-state index in [1.807, 2.05) is 13.8 Å². The lowest BCUT2D eigenvalue weighted by Crippen LogP contribution is -2.38. The van der Waals surface area contributed by atoms with Gasteiger partial charge >= 0.3 is 0 Å². The summed E-state index contributed by atoms with van der Waals surface area (Å²) in [5.74, 6) is 0.173. The van der Waals surface area contributed by atoms with Gasteiger partial charge in [-0.15, -0.1) is 0 Å². The molecule has 67 valence electrons. The van der Waals surface area contributed by atoms with Gasteiger partial charge in [0.1, 0.15) is 9.84 Å². The molecule has 0 fully saturated rings. The van der Waals surface area contributed by atoms with Gasteiger partial charge in [0.05, 0.1) is 5.75 Å². The Kier molecular flexibility index (Phi) is 3.51. The molecule has 0 heterocycles. The van der Waals surface area contributed by atoms with Gasteiger partial charge in [-0.2, -0.15) is 0 Å². The van der Waals surface area contributed by atoms with Gasteiger partial charge in [-0.1, -0.05) is 0 Å². The predicted octanol–water partition coefficient (Wildman–Crippen LogP) is 0.233. The van der Waals surface area contributed by atoms with E-state index in [4.69, 9.17) is 0 Å². The maximum atomic E-state index is 10.7. The van der Waals surface area contributed by atoms with Gasteiger partial charge < -0.3 is 5.32 Å². The summed E-state index contributed by atoms with van der Waals surface area (Å²) in [5.41, 5.74) is -0.245. The molecule has 11 heavy (non-hydrogen) atoms. The number of hydrogen-bond donors (Lipinski definition) is 1. The van der Waals surface area contributed by atoms with Crippen LogP contribution in [0, 0.1) is 6.92 Å². The number of sulfone groups is 1. The topological polar surface area (TPSA) is 46.2 Å². The molecule has 0 amide bonds. The van der Waals surface area contributed by atoms with Crippen molar-refractivity contribution in [3.63, 3.8) is 0 Å². The fourth-order valence-corrected chi connectivity index (χ4v) is 1.05. The molecular formula is C7H16NO2S. The van der Waals surface area contributed by atoms with Gasteiger partial charge in [0.15, 0.2) is 0 Å². The highest BCUT2D eigenvalue weighted by atomic mass is 32.2. The second-order valence-electron chi connectivity index (χ2n) is 3.44. The van der Waals surface area contributed by atoms with Crippen LogP contribution in [0.5, 0.6) is 0 Å². The molecule has 0 aromatic rings. The molecule has 0 aromatic carbocycles. The second-order valence-corrected chi connectivity index (χ2v) is 5.70. The molecule has 0 bridgehead atoms. The zero-order valence-electron chi connectivity index (χ0n) is 7.35. The van der Waals surface area contributed by atoms with Crippen molar-refractivity contribution in [1.29, 1.82) is 0 Å². The third-order valence-electron chi connectivity index (χ3n) is 1.08. The lowest BCUT2D eigenvalue weighted by Gasteiger charge is -2.19. The summed E-state index contributed by atoms with van der Waals surface area (Å²) >= 11 is 0. The summed E-state index contributed by atoms with van der Waals surface area (Å²) in [6.45, 7) is 8.05. The van der Waals surface area contributed by atoms with E-state index in [-0.39, 0.29) is 11.3 Å². The van der Waals surface area contributed by atoms with E-state index in [0.29, 0.717) is 6.54 Å². The molecule has 0 saturated carbocycles. The quantitative estimate of drug-likeness (QED) is 0.670. The van der Waals surface area contributed by atoms with Crippen molar-refractivity contribution in [2.45, 2.75) is 19.4 Å². The van der Waals surface area contributed by atoms with Crippen molar-refractivity contribution in [1.82, 2.24) is 5.32 Å². The zero-order chi connectivity index (χ0) is 9.12. The van der Waals surface area contributed by atoms with Crippen LogP contribution in [0.3, 0.4) is 0 Å². The van der Waals surface area contributed by atoms with Gasteiger partial charge in [0.25, 0.3) is 0 Å². The minimum absolute atomic E-state index is 0.173. The molecule has 0 saturated heterocycles. The Bertz CT molecular complexity index is 201. The Morgan fingerprint density at radius 2 is 1.91 bits per heavy atom. The van der Waals surface area contributed by atoms with Gasteiger partial charge in [-0.25, -0.2) is 8.42 Å². The van der Waals surface area contributed by atoms with Gasteiger partial charge in [0.2, 0.25) is 0 Å². The standard InChI is InChI=1S/C7H16NO2S/c1-7(2,3)8-5-6-11(4,9)10/h8H,1,5-6H2,2-4H3. The summed E-state index contributed by atoms with van der Waals surface area (Å²) in [6, 6.07) is 0. The predicted molar refractivity (Wildman–Crippen MR) is 47.1 cm³/mol. The molecule has 0 rings (SSSR count). The van der Waals surface area contributed by atoms with Crippen LogP contribution in [0.15, 0.2) is 0 Å². The van der Waals surface area contributed by atoms with Gasteiger partial charge in [-0.3, -0.25) is 0 Å². The molecule has 1 N–H and O–H groups in total. The van der Waals surface area contributed by atoms with Crippen LogP contribution in [0.1, 0.15) is 13.8 Å². The van der Waals surface area contributed by atoms with Gasteiger partial charge in [0, 0.05) is 18.3 Å². The zero-order valence-corrected chi connectivity index (χ0v) is 8.16. The Balaban J connectivity index is 3.61. The second kappa shape index (κ2) is 3.54. The van der Waals surface area contributed by atoms with E-state index in [1.54, 1.807) is 0 Å². The molecule has 0 spiro atoms. The van der Waals surface area contributed by atoms with E-state index < -0.39 is 9.84 Å². The van der Waals surface area contributed by atoms with Crippen LogP contribution in [-0.4, -0.2) is 32.5 Å². The van der Waals surface area contributed by atoms with Crippen LogP contribution in [0.4, 0.5) is 0 Å². The number of rotatable bonds is 4. The Hall–Kier alpha value is -0.0900. The third kappa shape index (κ3) is 9.91. The minimum Gasteiger partial charge on any atom is -0.311 e. The van der Waals surface area contributed by atoms with Crippen molar-refractivity contribution in [3.05, 3.63) is 6.92 Å². The first-order valence-corrected chi connectivity index (χ1v) is 5.55. The van der Waals surface area contributed by atoms with Crippen molar-refractivity contribution >= 4 is 9.84 Å². The fraction of sp³-hybridized carbons (Fsp3) is 0.857. The van der Waals surface area contributed by atoms with E-state index in [2.05, 4.69) is 12.2 Å². The summed E-state index contributed by atoms with van der Waals surface area (Å²) < 4.78 is 21.3. The monoisotopic (exact) mass is 178 g/mol. The first kappa shape index (κ1) is 10.9. The summed E-state index contributed by atoms with van der Waals surface area (Å²) in [7, 11) is -2.84. The van der Waals surface area contributed by atoms with E-state index in [0.717, 1.165) is 0 Å². The first-order valence-electron chi connectivity index (χ1n) is 3.49. The molecule has 4 heteroatoms. The largest absolute Gasteiger partial charge is 0.311 e. The van der Waals surface area contributed by atoms with Crippen LogP contribution < -0.4 is 5.32 Å². The summed E-state index contributed by atoms with van der Waals surface area (Å²) in [5, 5.41) is 2.99. The number of nitrogens with one attached hydrogen (secondary N) is 1. The van der Waals surface area contributed by atoms with Crippen molar-refractivity contribution in [3.8, 4) is 0 Å². The lowest BCUT2D eigenvalue weighted by molar-refractivity contribution is 0.486. The van der Waals surface area contributed by atoms with Crippen molar-refractivity contribution < 1.29 is 8.42 Å². The average Bonchev–Trinajstić information content (AvgIpc) is 1.55. The molecule has 0 atom stereocenters. The van der Waals surface area contributed by atoms with Crippen LogP contribution in [0.25, 0.3) is 0 Å².